The van der Waals surface area contributed by atoms with Crippen LogP contribution >= 0.6 is 0 Å². The molecule has 0 atom stereocenters. The van der Waals surface area contributed by atoms with Crippen molar-refractivity contribution in [1.29, 1.82) is 0 Å². The Labute approximate surface area is 177 Å². The fourth-order valence-corrected chi connectivity index (χ4v) is 4.42. The number of carbonyl (C=O) groups is 1. The number of benzene rings is 1. The molecule has 2 aromatic heterocycles. The summed E-state index contributed by atoms with van der Waals surface area (Å²) in [5, 5.41) is 5.87. The predicted molar refractivity (Wildman–Crippen MR) is 119 cm³/mol. The van der Waals surface area contributed by atoms with Gasteiger partial charge in [-0.2, -0.15) is 5.10 Å². The molecule has 0 saturated carbocycles. The van der Waals surface area contributed by atoms with Crippen molar-refractivity contribution in [3.8, 4) is 0 Å². The molecule has 1 aliphatic rings. The summed E-state index contributed by atoms with van der Waals surface area (Å²) < 4.78 is 3.50. The Kier molecular flexibility index (Phi) is 5.75. The normalized spacial score (nSPS) is 14.8. The van der Waals surface area contributed by atoms with Gasteiger partial charge in [0.15, 0.2) is 0 Å². The number of carbonyl (C=O) groups excluding carboxylic acids is 1. The third-order valence-electron chi connectivity index (χ3n) is 6.31. The van der Waals surface area contributed by atoms with E-state index in [4.69, 9.17) is 0 Å². The van der Waals surface area contributed by atoms with Crippen LogP contribution in [0, 0.1) is 20.8 Å². The molecule has 30 heavy (non-hydrogen) atoms. The maximum atomic E-state index is 13.2. The number of fused-ring (bicyclic) bond motifs is 1. The SMILES string of the molecule is Cc1ccc(Cn2c(C)c3cnn(CC(=O)N4CCCCCC4)c(=O)c3c2C)cc1. The van der Waals surface area contributed by atoms with E-state index < -0.39 is 0 Å². The summed E-state index contributed by atoms with van der Waals surface area (Å²) in [4.78, 5) is 27.9. The molecule has 0 unspecified atom stereocenters. The second-order valence-electron chi connectivity index (χ2n) is 8.43. The Bertz CT molecular complexity index is 1120. The smallest absolute Gasteiger partial charge is 0.276 e. The molecule has 1 aliphatic heterocycles. The van der Waals surface area contributed by atoms with Crippen molar-refractivity contribution >= 4 is 16.7 Å². The summed E-state index contributed by atoms with van der Waals surface area (Å²) >= 11 is 0. The van der Waals surface area contributed by atoms with Crippen LogP contribution in [0.2, 0.25) is 0 Å². The molecule has 1 aromatic carbocycles. The Morgan fingerprint density at radius 3 is 2.30 bits per heavy atom. The van der Waals surface area contributed by atoms with Crippen LogP contribution in [0.15, 0.2) is 35.3 Å². The van der Waals surface area contributed by atoms with Crippen LogP contribution in [0.25, 0.3) is 10.8 Å². The summed E-state index contributed by atoms with van der Waals surface area (Å²) in [7, 11) is 0. The van der Waals surface area contributed by atoms with Crippen molar-refractivity contribution in [2.45, 2.75) is 59.5 Å². The van der Waals surface area contributed by atoms with E-state index in [9.17, 15) is 9.59 Å². The van der Waals surface area contributed by atoms with E-state index in [1.54, 1.807) is 6.20 Å². The lowest BCUT2D eigenvalue weighted by atomic mass is 10.1. The van der Waals surface area contributed by atoms with Crippen LogP contribution in [0.3, 0.4) is 0 Å². The van der Waals surface area contributed by atoms with Crippen molar-refractivity contribution in [3.05, 3.63) is 63.3 Å². The summed E-state index contributed by atoms with van der Waals surface area (Å²) in [6.45, 7) is 8.35. The lowest BCUT2D eigenvalue weighted by Gasteiger charge is -2.20. The van der Waals surface area contributed by atoms with Crippen molar-refractivity contribution in [3.63, 3.8) is 0 Å². The Morgan fingerprint density at radius 2 is 1.63 bits per heavy atom. The van der Waals surface area contributed by atoms with Crippen LogP contribution in [-0.2, 0) is 17.9 Å². The third kappa shape index (κ3) is 3.91. The lowest BCUT2D eigenvalue weighted by molar-refractivity contribution is -0.132. The van der Waals surface area contributed by atoms with E-state index in [2.05, 4.69) is 40.9 Å². The standard InChI is InChI=1S/C24H30N4O2/c1-17-8-10-20(11-9-17)15-27-18(2)21-14-25-28(24(30)23(21)19(27)3)16-22(29)26-12-6-4-5-7-13-26/h8-11,14H,4-7,12-13,15-16H2,1-3H3. The van der Waals surface area contributed by atoms with E-state index in [1.165, 1.54) is 28.7 Å². The number of likely N-dealkylation sites (tertiary alicyclic amines) is 1. The molecule has 0 N–H and O–H groups in total. The van der Waals surface area contributed by atoms with E-state index in [-0.39, 0.29) is 18.0 Å². The first-order chi connectivity index (χ1) is 14.5. The average molecular weight is 407 g/mol. The summed E-state index contributed by atoms with van der Waals surface area (Å²) in [6.07, 6.45) is 6.14. The van der Waals surface area contributed by atoms with Crippen molar-refractivity contribution < 1.29 is 4.79 Å². The van der Waals surface area contributed by atoms with Crippen molar-refractivity contribution in [2.75, 3.05) is 13.1 Å². The zero-order valence-corrected chi connectivity index (χ0v) is 18.1. The van der Waals surface area contributed by atoms with Gasteiger partial charge in [0.25, 0.3) is 5.56 Å². The Morgan fingerprint density at radius 1 is 0.967 bits per heavy atom. The summed E-state index contributed by atoms with van der Waals surface area (Å²) in [5.41, 5.74) is 4.19. The van der Waals surface area contributed by atoms with Crippen LogP contribution in [-0.4, -0.2) is 38.2 Å². The molecule has 158 valence electrons. The average Bonchev–Trinajstić information content (AvgIpc) is 2.92. The molecule has 1 amide bonds. The van der Waals surface area contributed by atoms with Gasteiger partial charge in [-0.15, -0.1) is 0 Å². The van der Waals surface area contributed by atoms with Gasteiger partial charge in [0.05, 0.1) is 11.6 Å². The molecule has 0 spiro atoms. The maximum Gasteiger partial charge on any atom is 0.276 e. The van der Waals surface area contributed by atoms with Crippen LogP contribution in [0.5, 0.6) is 0 Å². The molecule has 6 nitrogen and oxygen atoms in total. The van der Waals surface area contributed by atoms with E-state index in [0.717, 1.165) is 42.7 Å². The number of aryl methyl sites for hydroxylation is 3. The highest BCUT2D eigenvalue weighted by molar-refractivity contribution is 5.87. The minimum absolute atomic E-state index is 0.0103. The molecule has 6 heteroatoms. The molecule has 3 aromatic rings. The topological polar surface area (TPSA) is 60.1 Å². The second-order valence-corrected chi connectivity index (χ2v) is 8.43. The number of hydrogen-bond acceptors (Lipinski definition) is 3. The molecule has 0 bridgehead atoms. The maximum absolute atomic E-state index is 13.2. The predicted octanol–water partition coefficient (Wildman–Crippen LogP) is 3.57. The van der Waals surface area contributed by atoms with Gasteiger partial charge in [0, 0.05) is 36.4 Å². The van der Waals surface area contributed by atoms with Crippen LogP contribution < -0.4 is 5.56 Å². The van der Waals surface area contributed by atoms with Gasteiger partial charge in [-0.3, -0.25) is 9.59 Å². The fraction of sp³-hybridized carbons (Fsp3) is 0.458. The van der Waals surface area contributed by atoms with Crippen molar-refractivity contribution in [1.82, 2.24) is 19.2 Å². The zero-order chi connectivity index (χ0) is 21.3. The minimum Gasteiger partial charge on any atom is -0.343 e. The largest absolute Gasteiger partial charge is 0.343 e. The van der Waals surface area contributed by atoms with E-state index in [0.29, 0.717) is 11.9 Å². The number of nitrogens with zero attached hydrogens (tertiary/aromatic N) is 4. The van der Waals surface area contributed by atoms with Gasteiger partial charge < -0.3 is 9.47 Å². The first kappa shape index (κ1) is 20.4. The minimum atomic E-state index is -0.182. The number of aromatic nitrogens is 3. The van der Waals surface area contributed by atoms with E-state index >= 15 is 0 Å². The molecule has 1 fully saturated rings. The summed E-state index contributed by atoms with van der Waals surface area (Å²) in [6, 6.07) is 8.45. The van der Waals surface area contributed by atoms with Crippen LogP contribution in [0.4, 0.5) is 0 Å². The summed E-state index contributed by atoms with van der Waals surface area (Å²) in [5.74, 6) is -0.0145. The monoisotopic (exact) mass is 406 g/mol. The quantitative estimate of drug-likeness (QED) is 0.665. The Hall–Kier alpha value is -2.89. The number of amides is 1. The molecule has 0 radical (unpaired) electrons. The zero-order valence-electron chi connectivity index (χ0n) is 18.1. The second kappa shape index (κ2) is 8.46. The molecular weight excluding hydrogens is 376 g/mol. The molecule has 0 aliphatic carbocycles. The van der Waals surface area contributed by atoms with Crippen LogP contribution in [0.1, 0.15) is 48.2 Å². The fourth-order valence-electron chi connectivity index (χ4n) is 4.42. The van der Waals surface area contributed by atoms with Gasteiger partial charge >= 0.3 is 0 Å². The van der Waals surface area contributed by atoms with Gasteiger partial charge in [0.1, 0.15) is 6.54 Å². The molecule has 4 rings (SSSR count). The van der Waals surface area contributed by atoms with Gasteiger partial charge in [-0.1, -0.05) is 42.7 Å². The first-order valence-electron chi connectivity index (χ1n) is 10.8. The van der Waals surface area contributed by atoms with Crippen molar-refractivity contribution in [2.24, 2.45) is 0 Å². The lowest BCUT2D eigenvalue weighted by Crippen LogP contribution is -2.37. The highest BCUT2D eigenvalue weighted by Gasteiger charge is 2.20. The van der Waals surface area contributed by atoms with Gasteiger partial charge in [-0.25, -0.2) is 4.68 Å². The highest BCUT2D eigenvalue weighted by atomic mass is 16.2. The number of hydrogen-bond donors (Lipinski definition) is 0. The highest BCUT2D eigenvalue weighted by Crippen LogP contribution is 2.23. The molecular formula is C24H30N4O2. The van der Waals surface area contributed by atoms with Gasteiger partial charge in [0.2, 0.25) is 5.91 Å². The molecule has 1 saturated heterocycles. The Balaban J connectivity index is 1.65. The number of rotatable bonds is 4. The van der Waals surface area contributed by atoms with E-state index in [1.807, 2.05) is 18.7 Å². The molecule has 3 heterocycles. The first-order valence-corrected chi connectivity index (χ1v) is 10.8. The van der Waals surface area contributed by atoms with Gasteiger partial charge in [-0.05, 0) is 39.2 Å². The third-order valence-corrected chi connectivity index (χ3v) is 6.31.